The fourth-order valence-electron chi connectivity index (χ4n) is 3.89. The van der Waals surface area contributed by atoms with E-state index in [0.29, 0.717) is 0 Å². The lowest BCUT2D eigenvalue weighted by Crippen LogP contribution is -2.47. The van der Waals surface area contributed by atoms with Gasteiger partial charge in [-0.15, -0.1) is 0 Å². The molecule has 2 aromatic rings. The normalized spacial score (nSPS) is 29.8. The van der Waals surface area contributed by atoms with Crippen LogP contribution in [0.1, 0.15) is 25.2 Å². The molecule has 4 nitrogen and oxygen atoms in total. The summed E-state index contributed by atoms with van der Waals surface area (Å²) < 4.78 is -0.983. The van der Waals surface area contributed by atoms with Gasteiger partial charge in [-0.3, -0.25) is 9.59 Å². The molecule has 25 heavy (non-hydrogen) atoms. The van der Waals surface area contributed by atoms with Crippen molar-refractivity contribution in [1.82, 2.24) is 9.97 Å². The third-order valence-corrected chi connectivity index (χ3v) is 8.19. The summed E-state index contributed by atoms with van der Waals surface area (Å²) in [6.07, 6.45) is 3.38. The first kappa shape index (κ1) is 15.2. The smallest absolute Gasteiger partial charge is 0.213 e. The zero-order chi connectivity index (χ0) is 17.4. The summed E-state index contributed by atoms with van der Waals surface area (Å²) in [7, 11) is 0. The second kappa shape index (κ2) is 4.77. The van der Waals surface area contributed by atoms with Gasteiger partial charge in [0.2, 0.25) is 10.2 Å². The molecule has 2 aliphatic heterocycles. The van der Waals surface area contributed by atoms with E-state index < -0.39 is 9.49 Å². The number of benzene rings is 1. The zero-order valence-corrected chi connectivity index (χ0v) is 15.3. The van der Waals surface area contributed by atoms with Gasteiger partial charge in [0.05, 0.1) is 20.9 Å². The summed E-state index contributed by atoms with van der Waals surface area (Å²) in [5.74, 6) is 0.757. The summed E-state index contributed by atoms with van der Waals surface area (Å²) in [6, 6.07) is 9.88. The number of nitrogens with one attached hydrogen (secondary N) is 1. The summed E-state index contributed by atoms with van der Waals surface area (Å²) in [5, 5.41) is 0.0527. The second-order valence-electron chi connectivity index (χ2n) is 6.70. The molecule has 124 valence electrons. The maximum Gasteiger partial charge on any atom is 0.213 e. The van der Waals surface area contributed by atoms with Crippen LogP contribution in [0.25, 0.3) is 22.5 Å². The molecule has 0 amide bonds. The number of carbonyl (C=O) groups excluding carboxylic acids is 2. The molecule has 1 aromatic carbocycles. The molecule has 0 spiro atoms. The van der Waals surface area contributed by atoms with Crippen LogP contribution in [0.5, 0.6) is 0 Å². The average Bonchev–Trinajstić information content (AvgIpc) is 3.22. The number of rotatable bonds is 1. The number of aromatic nitrogens is 2. The minimum Gasteiger partial charge on any atom is -0.338 e. The molecule has 0 saturated heterocycles. The number of imidazole rings is 1. The highest BCUT2D eigenvalue weighted by Gasteiger charge is 2.62. The first-order chi connectivity index (χ1) is 11.9. The molecule has 2 atom stereocenters. The number of hydrogen-bond donors (Lipinski definition) is 1. The van der Waals surface area contributed by atoms with Crippen LogP contribution < -0.4 is 0 Å². The lowest BCUT2D eigenvalue weighted by Gasteiger charge is -2.45. The van der Waals surface area contributed by atoms with Gasteiger partial charge in [-0.2, -0.15) is 0 Å². The Hall–Kier alpha value is -2.05. The Balaban J connectivity index is 1.81. The molecule has 6 heteroatoms. The van der Waals surface area contributed by atoms with Crippen LogP contribution in [0, 0.1) is 0 Å². The Morgan fingerprint density at radius 2 is 1.52 bits per heavy atom. The van der Waals surface area contributed by atoms with Gasteiger partial charge in [0.15, 0.2) is 0 Å². The summed E-state index contributed by atoms with van der Waals surface area (Å²) >= 11 is 2.60. The molecular formula is C19H14N2O2S2. The van der Waals surface area contributed by atoms with Gasteiger partial charge < -0.3 is 4.98 Å². The fraction of sp³-hybridized carbons (Fsp3) is 0.211. The van der Waals surface area contributed by atoms with Crippen molar-refractivity contribution in [3.63, 3.8) is 0 Å². The van der Waals surface area contributed by atoms with Gasteiger partial charge >= 0.3 is 0 Å². The van der Waals surface area contributed by atoms with Crippen LogP contribution >= 0.6 is 23.5 Å². The Morgan fingerprint density at radius 3 is 2.20 bits per heavy atom. The zero-order valence-electron chi connectivity index (χ0n) is 13.6. The van der Waals surface area contributed by atoms with E-state index in [0.717, 1.165) is 33.9 Å². The topological polar surface area (TPSA) is 62.8 Å². The van der Waals surface area contributed by atoms with Gasteiger partial charge in [-0.25, -0.2) is 4.98 Å². The van der Waals surface area contributed by atoms with E-state index in [4.69, 9.17) is 4.98 Å². The van der Waals surface area contributed by atoms with E-state index in [9.17, 15) is 9.59 Å². The monoisotopic (exact) mass is 366 g/mol. The number of hydrogen-bond acceptors (Lipinski definition) is 5. The lowest BCUT2D eigenvalue weighted by molar-refractivity contribution is -0.107. The first-order valence-electron chi connectivity index (χ1n) is 7.99. The molecule has 1 aromatic heterocycles. The van der Waals surface area contributed by atoms with Crippen LogP contribution in [0.3, 0.4) is 0 Å². The van der Waals surface area contributed by atoms with Gasteiger partial charge in [0.1, 0.15) is 5.82 Å². The maximum atomic E-state index is 12.3. The molecule has 0 saturated carbocycles. The SMILES string of the molecule is CC12SC(=O)C=C1c1nc(-c3ccccc3)[nH]c1C1=CC(=O)SC12C. The van der Waals surface area contributed by atoms with Crippen molar-refractivity contribution in [2.75, 3.05) is 0 Å². The predicted molar refractivity (Wildman–Crippen MR) is 102 cm³/mol. The highest BCUT2D eigenvalue weighted by Crippen LogP contribution is 2.66. The number of carbonyl (C=O) groups is 2. The van der Waals surface area contributed by atoms with E-state index in [1.807, 2.05) is 37.3 Å². The lowest BCUT2D eigenvalue weighted by atomic mass is 9.73. The largest absolute Gasteiger partial charge is 0.338 e. The highest BCUT2D eigenvalue weighted by atomic mass is 32.2. The van der Waals surface area contributed by atoms with Gasteiger partial charge in [0, 0.05) is 16.7 Å². The summed E-state index contributed by atoms with van der Waals surface area (Å²) in [6.45, 7) is 4.10. The number of fused-ring (bicyclic) bond motifs is 6. The summed E-state index contributed by atoms with van der Waals surface area (Å²) in [5.41, 5.74) is 4.49. The Kier molecular flexibility index (Phi) is 2.90. The third kappa shape index (κ3) is 1.84. The van der Waals surface area contributed by atoms with Crippen LogP contribution in [-0.4, -0.2) is 29.7 Å². The predicted octanol–water partition coefficient (Wildman–Crippen LogP) is 3.92. The fourth-order valence-corrected chi connectivity index (χ4v) is 6.45. The molecule has 2 unspecified atom stereocenters. The highest BCUT2D eigenvalue weighted by molar-refractivity contribution is 8.20. The Morgan fingerprint density at radius 1 is 0.920 bits per heavy atom. The molecular weight excluding hydrogens is 352 g/mol. The van der Waals surface area contributed by atoms with Crippen molar-refractivity contribution < 1.29 is 9.59 Å². The molecule has 1 N–H and O–H groups in total. The van der Waals surface area contributed by atoms with Crippen molar-refractivity contribution in [2.45, 2.75) is 23.3 Å². The van der Waals surface area contributed by atoms with E-state index in [2.05, 4.69) is 11.9 Å². The van der Waals surface area contributed by atoms with Crippen LogP contribution in [0.4, 0.5) is 0 Å². The summed E-state index contributed by atoms with van der Waals surface area (Å²) in [4.78, 5) is 32.7. The van der Waals surface area contributed by atoms with Gasteiger partial charge in [-0.05, 0) is 26.0 Å². The standard InChI is InChI=1S/C19H14N2O2S2/c1-18-11(8-13(22)24-18)15-16(12-9-14(23)25-19(12,18)2)21-17(20-15)10-6-4-3-5-7-10/h3-9H,1-2H3,(H,20,21). The molecule has 1 aliphatic carbocycles. The second-order valence-corrected chi connectivity index (χ2v) is 9.55. The minimum atomic E-state index is -0.497. The minimum absolute atomic E-state index is 0.0233. The molecule has 0 radical (unpaired) electrons. The molecule has 0 fully saturated rings. The van der Waals surface area contributed by atoms with Crippen LogP contribution in [-0.2, 0) is 9.59 Å². The van der Waals surface area contributed by atoms with Crippen molar-refractivity contribution in [2.24, 2.45) is 0 Å². The number of nitrogens with zero attached hydrogens (tertiary/aromatic N) is 1. The third-order valence-electron chi connectivity index (χ3n) is 5.35. The van der Waals surface area contributed by atoms with Gasteiger partial charge in [-0.1, -0.05) is 53.9 Å². The van der Waals surface area contributed by atoms with Crippen molar-refractivity contribution in [3.05, 3.63) is 53.9 Å². The van der Waals surface area contributed by atoms with Crippen molar-refractivity contribution in [3.8, 4) is 11.4 Å². The van der Waals surface area contributed by atoms with Crippen LogP contribution in [0.15, 0.2) is 42.5 Å². The van der Waals surface area contributed by atoms with Gasteiger partial charge in [0.25, 0.3) is 0 Å². The van der Waals surface area contributed by atoms with Crippen LogP contribution in [0.2, 0.25) is 0 Å². The molecule has 5 rings (SSSR count). The molecule has 0 bridgehead atoms. The average molecular weight is 366 g/mol. The van der Waals surface area contributed by atoms with E-state index in [1.165, 1.54) is 23.5 Å². The molecule has 3 aliphatic rings. The molecule has 3 heterocycles. The first-order valence-corrected chi connectivity index (χ1v) is 9.62. The number of thioether (sulfide) groups is 2. The maximum absolute atomic E-state index is 12.3. The number of H-pyrrole nitrogens is 1. The van der Waals surface area contributed by atoms with Crippen molar-refractivity contribution in [1.29, 1.82) is 0 Å². The Labute approximate surface area is 153 Å². The van der Waals surface area contributed by atoms with E-state index in [-0.39, 0.29) is 10.2 Å². The Bertz CT molecular complexity index is 960. The van der Waals surface area contributed by atoms with E-state index in [1.54, 1.807) is 12.2 Å². The van der Waals surface area contributed by atoms with Crippen molar-refractivity contribution >= 4 is 44.9 Å². The number of aromatic amines is 1. The van der Waals surface area contributed by atoms with E-state index >= 15 is 0 Å². The quantitative estimate of drug-likeness (QED) is 0.829.